The molecule has 1 rings (SSSR count). The van der Waals surface area contributed by atoms with Crippen molar-refractivity contribution in [1.82, 2.24) is 0 Å². The molecule has 2 atom stereocenters. The Labute approximate surface area is 159 Å². The Bertz CT molecular complexity index is 451. The molecule has 0 heterocycles. The van der Waals surface area contributed by atoms with Crippen LogP contribution in [-0.4, -0.2) is 16.8 Å². The second kappa shape index (κ2) is 11.8. The molecule has 3 heteroatoms. The van der Waals surface area contributed by atoms with E-state index in [2.05, 4.69) is 32.1 Å². The van der Waals surface area contributed by atoms with Gasteiger partial charge in [0.1, 0.15) is 0 Å². The van der Waals surface area contributed by atoms with Crippen molar-refractivity contribution >= 4 is 17.7 Å². The molecule has 1 aliphatic rings. The lowest BCUT2D eigenvalue weighted by Crippen LogP contribution is -2.31. The van der Waals surface area contributed by atoms with Gasteiger partial charge in [0, 0.05) is 5.92 Å². The molecule has 1 unspecified atom stereocenters. The van der Waals surface area contributed by atoms with E-state index in [-0.39, 0.29) is 5.92 Å². The van der Waals surface area contributed by atoms with Gasteiger partial charge in [-0.3, -0.25) is 4.79 Å². The fraction of sp³-hybridized carbons (Fsp3) is 0.773. The maximum absolute atomic E-state index is 11.3. The fourth-order valence-corrected chi connectivity index (χ4v) is 4.35. The van der Waals surface area contributed by atoms with Gasteiger partial charge in [0.15, 0.2) is 0 Å². The van der Waals surface area contributed by atoms with Gasteiger partial charge in [0.25, 0.3) is 0 Å². The number of carbonyl (C=O) groups is 1. The lowest BCUT2D eigenvalue weighted by atomic mass is 9.78. The quantitative estimate of drug-likeness (QED) is 0.280. The number of allylic oxidation sites excluding steroid dienone is 4. The Morgan fingerprint density at radius 2 is 2.12 bits per heavy atom. The van der Waals surface area contributed by atoms with Crippen LogP contribution < -0.4 is 0 Å². The smallest absolute Gasteiger partial charge is 0.309 e. The van der Waals surface area contributed by atoms with E-state index in [9.17, 15) is 9.90 Å². The zero-order valence-electron chi connectivity index (χ0n) is 16.7. The normalized spacial score (nSPS) is 19.4. The number of carboxylic acid groups (broad SMARTS) is 1. The van der Waals surface area contributed by atoms with E-state index in [1.54, 1.807) is 0 Å². The Hall–Kier alpha value is -0.700. The van der Waals surface area contributed by atoms with E-state index in [1.807, 2.05) is 25.6 Å². The molecule has 0 saturated heterocycles. The van der Waals surface area contributed by atoms with Gasteiger partial charge in [0.2, 0.25) is 0 Å². The van der Waals surface area contributed by atoms with E-state index in [0.717, 1.165) is 18.6 Å². The summed E-state index contributed by atoms with van der Waals surface area (Å²) in [6.45, 7) is 8.01. The number of hydrogen-bond acceptors (Lipinski definition) is 2. The zero-order valence-corrected chi connectivity index (χ0v) is 17.5. The first kappa shape index (κ1) is 22.3. The van der Waals surface area contributed by atoms with Crippen LogP contribution in [0.5, 0.6) is 0 Å². The first-order valence-corrected chi connectivity index (χ1v) is 11.1. The first-order chi connectivity index (χ1) is 11.9. The van der Waals surface area contributed by atoms with E-state index < -0.39 is 11.4 Å². The van der Waals surface area contributed by atoms with Crippen LogP contribution in [0.1, 0.15) is 85.5 Å². The van der Waals surface area contributed by atoms with Crippen molar-refractivity contribution in [3.05, 3.63) is 23.1 Å². The molecule has 1 N–H and O–H groups in total. The summed E-state index contributed by atoms with van der Waals surface area (Å²) in [6, 6.07) is 0. The molecule has 0 aromatic rings. The van der Waals surface area contributed by atoms with Crippen molar-refractivity contribution in [3.8, 4) is 0 Å². The second-order valence-corrected chi connectivity index (χ2v) is 9.15. The fourth-order valence-electron chi connectivity index (χ4n) is 3.16. The maximum atomic E-state index is 11.3. The van der Waals surface area contributed by atoms with Gasteiger partial charge < -0.3 is 5.11 Å². The summed E-state index contributed by atoms with van der Waals surface area (Å²) in [5, 5.41) is 9.30. The average molecular weight is 367 g/mol. The predicted octanol–water partition coefficient (Wildman–Crippen LogP) is 7.07. The van der Waals surface area contributed by atoms with Crippen LogP contribution in [0, 0.1) is 17.3 Å². The van der Waals surface area contributed by atoms with Gasteiger partial charge in [0.05, 0.1) is 5.41 Å². The number of unbranched alkanes of at least 4 members (excludes halogenated alkanes) is 4. The van der Waals surface area contributed by atoms with Crippen LogP contribution in [0.4, 0.5) is 0 Å². The molecule has 0 saturated carbocycles. The topological polar surface area (TPSA) is 37.3 Å². The van der Waals surface area contributed by atoms with Gasteiger partial charge >= 0.3 is 5.97 Å². The molecule has 0 aromatic heterocycles. The van der Waals surface area contributed by atoms with Gasteiger partial charge in [-0.05, 0) is 68.9 Å². The molecule has 0 bridgehead atoms. The van der Waals surface area contributed by atoms with Crippen molar-refractivity contribution in [2.75, 3.05) is 5.75 Å². The van der Waals surface area contributed by atoms with Crippen LogP contribution in [0.25, 0.3) is 0 Å². The number of hydrogen-bond donors (Lipinski definition) is 1. The molecule has 144 valence electrons. The maximum Gasteiger partial charge on any atom is 0.309 e. The highest BCUT2D eigenvalue weighted by Crippen LogP contribution is 2.37. The Morgan fingerprint density at radius 3 is 2.80 bits per heavy atom. The molecule has 0 aromatic carbocycles. The molecule has 2 nitrogen and oxygen atoms in total. The van der Waals surface area contributed by atoms with Gasteiger partial charge in [-0.25, -0.2) is 0 Å². The van der Waals surface area contributed by atoms with Crippen molar-refractivity contribution in [2.24, 2.45) is 17.3 Å². The minimum absolute atomic E-state index is 0.210. The molecule has 0 spiro atoms. The first-order valence-electron chi connectivity index (χ1n) is 10.1. The number of aliphatic carboxylic acids is 1. The standard InChI is InChI=1S/C22H38O2S/c1-5-6-7-8-9-10-14-19-15-11-16-20(19)25-17-12-13-18(2)22(3,4)21(23)24/h10,14,16,18-19H,5-9,11-13,15,17H2,1-4H3,(H,23,24)/t18?,19-/m0/s1. The highest BCUT2D eigenvalue weighted by molar-refractivity contribution is 8.03. The summed E-state index contributed by atoms with van der Waals surface area (Å²) in [6.07, 6.45) is 18.3. The van der Waals surface area contributed by atoms with Crippen LogP contribution in [0.15, 0.2) is 23.1 Å². The van der Waals surface area contributed by atoms with Crippen LogP contribution >= 0.6 is 11.8 Å². The van der Waals surface area contributed by atoms with Gasteiger partial charge in [-0.1, -0.05) is 51.3 Å². The number of rotatable bonds is 13. The largest absolute Gasteiger partial charge is 0.481 e. The van der Waals surface area contributed by atoms with Crippen molar-refractivity contribution < 1.29 is 9.90 Å². The highest BCUT2D eigenvalue weighted by atomic mass is 32.2. The Balaban J connectivity index is 2.25. The number of thioether (sulfide) groups is 1. The molecular weight excluding hydrogens is 328 g/mol. The summed E-state index contributed by atoms with van der Waals surface area (Å²) in [5.41, 5.74) is -0.625. The second-order valence-electron chi connectivity index (χ2n) is 7.99. The molecular formula is C22H38O2S. The van der Waals surface area contributed by atoms with Crippen LogP contribution in [0.2, 0.25) is 0 Å². The average Bonchev–Trinajstić information content (AvgIpc) is 3.01. The third-order valence-electron chi connectivity index (χ3n) is 5.61. The molecule has 0 amide bonds. The van der Waals surface area contributed by atoms with Crippen molar-refractivity contribution in [1.29, 1.82) is 0 Å². The summed E-state index contributed by atoms with van der Waals surface area (Å²) >= 11 is 1.99. The van der Waals surface area contributed by atoms with Crippen LogP contribution in [-0.2, 0) is 4.79 Å². The molecule has 25 heavy (non-hydrogen) atoms. The van der Waals surface area contributed by atoms with Crippen molar-refractivity contribution in [3.63, 3.8) is 0 Å². The molecule has 0 aliphatic heterocycles. The summed E-state index contributed by atoms with van der Waals surface area (Å²) in [4.78, 5) is 12.8. The molecule has 0 radical (unpaired) electrons. The third-order valence-corrected chi connectivity index (χ3v) is 6.91. The monoisotopic (exact) mass is 366 g/mol. The third kappa shape index (κ3) is 8.02. The zero-order chi connectivity index (χ0) is 18.7. The summed E-state index contributed by atoms with van der Waals surface area (Å²) < 4.78 is 0. The Kier molecular flexibility index (Phi) is 10.6. The van der Waals surface area contributed by atoms with Gasteiger partial charge in [-0.2, -0.15) is 0 Å². The molecule has 0 fully saturated rings. The SMILES string of the molecule is CCCCCCC=C[C@H]1CCC=C1SCCCC(C)C(C)(C)C(=O)O. The van der Waals surface area contributed by atoms with E-state index in [4.69, 9.17) is 0 Å². The van der Waals surface area contributed by atoms with E-state index in [1.165, 1.54) is 49.9 Å². The summed E-state index contributed by atoms with van der Waals surface area (Å²) in [7, 11) is 0. The van der Waals surface area contributed by atoms with E-state index >= 15 is 0 Å². The lowest BCUT2D eigenvalue weighted by Gasteiger charge is -2.27. The predicted molar refractivity (Wildman–Crippen MR) is 111 cm³/mol. The van der Waals surface area contributed by atoms with Crippen molar-refractivity contribution in [2.45, 2.75) is 85.5 Å². The van der Waals surface area contributed by atoms with Crippen LogP contribution in [0.3, 0.4) is 0 Å². The number of carboxylic acids is 1. The lowest BCUT2D eigenvalue weighted by molar-refractivity contribution is -0.149. The minimum Gasteiger partial charge on any atom is -0.481 e. The Morgan fingerprint density at radius 1 is 1.36 bits per heavy atom. The minimum atomic E-state index is -0.685. The molecule has 1 aliphatic carbocycles. The van der Waals surface area contributed by atoms with Gasteiger partial charge in [-0.15, -0.1) is 11.8 Å². The van der Waals surface area contributed by atoms with E-state index in [0.29, 0.717) is 5.92 Å². The highest BCUT2D eigenvalue weighted by Gasteiger charge is 2.33. The summed E-state index contributed by atoms with van der Waals surface area (Å²) in [5.74, 6) is 1.26.